The zero-order valence-electron chi connectivity index (χ0n) is 11.3. The number of esters is 1. The van der Waals surface area contributed by atoms with E-state index < -0.39 is 0 Å². The molecule has 0 aliphatic heterocycles. The summed E-state index contributed by atoms with van der Waals surface area (Å²) in [6, 6.07) is 11.4. The normalized spacial score (nSPS) is 10.9. The second kappa shape index (κ2) is 5.74. The van der Waals surface area contributed by atoms with Crippen LogP contribution in [0.2, 0.25) is 0 Å². The maximum Gasteiger partial charge on any atom is 0.340 e. The van der Waals surface area contributed by atoms with Crippen molar-refractivity contribution in [1.29, 1.82) is 0 Å². The number of carbonyl (C=O) groups excluding carboxylic acids is 1. The minimum absolute atomic E-state index is 0.344. The first-order valence-corrected chi connectivity index (χ1v) is 6.53. The predicted octanol–water partition coefficient (Wildman–Crippen LogP) is 3.62. The van der Waals surface area contributed by atoms with Gasteiger partial charge in [-0.25, -0.2) is 4.79 Å². The van der Waals surface area contributed by atoms with Crippen LogP contribution in [0.1, 0.15) is 30.6 Å². The van der Waals surface area contributed by atoms with E-state index in [0.717, 1.165) is 17.2 Å². The lowest BCUT2D eigenvalue weighted by atomic mass is 10.1. The smallest absolute Gasteiger partial charge is 0.340 e. The zero-order valence-corrected chi connectivity index (χ0v) is 11.3. The summed E-state index contributed by atoms with van der Waals surface area (Å²) < 4.78 is 5.25. The highest BCUT2D eigenvalue weighted by atomic mass is 16.5. The van der Waals surface area contributed by atoms with Crippen molar-refractivity contribution >= 4 is 22.4 Å². The minimum atomic E-state index is -0.344. The van der Waals surface area contributed by atoms with Gasteiger partial charge in [-0.05, 0) is 35.2 Å². The fraction of sp³-hybridized carbons (Fsp3) is 0.312. The van der Waals surface area contributed by atoms with Crippen LogP contribution in [0.25, 0.3) is 10.8 Å². The summed E-state index contributed by atoms with van der Waals surface area (Å²) in [6.07, 6.45) is 0.860. The van der Waals surface area contributed by atoms with Crippen LogP contribution in [0.4, 0.5) is 5.69 Å². The quantitative estimate of drug-likeness (QED) is 0.672. The molecule has 0 atom stereocenters. The summed E-state index contributed by atoms with van der Waals surface area (Å²) in [5, 5.41) is 2.02. The van der Waals surface area contributed by atoms with E-state index in [1.54, 1.807) is 6.07 Å². The third-order valence-corrected chi connectivity index (χ3v) is 3.07. The summed E-state index contributed by atoms with van der Waals surface area (Å²) in [5.41, 5.74) is 6.83. The lowest BCUT2D eigenvalue weighted by Gasteiger charge is -2.09. The van der Waals surface area contributed by atoms with E-state index in [0.29, 0.717) is 23.8 Å². The Bertz CT molecular complexity index is 590. The predicted molar refractivity (Wildman–Crippen MR) is 78.1 cm³/mol. The van der Waals surface area contributed by atoms with Gasteiger partial charge in [0.25, 0.3) is 0 Å². The highest BCUT2D eigenvalue weighted by Crippen LogP contribution is 2.22. The Kier molecular flexibility index (Phi) is 4.05. The van der Waals surface area contributed by atoms with Crippen LogP contribution in [-0.2, 0) is 4.74 Å². The lowest BCUT2D eigenvalue weighted by molar-refractivity contribution is 0.0489. The number of rotatable bonds is 4. The van der Waals surface area contributed by atoms with Gasteiger partial charge in [0.2, 0.25) is 0 Å². The maximum absolute atomic E-state index is 12.0. The molecule has 0 fully saturated rings. The number of hydrogen-bond donors (Lipinski definition) is 1. The molecular weight excluding hydrogens is 238 g/mol. The molecule has 0 amide bonds. The fourth-order valence-electron chi connectivity index (χ4n) is 1.90. The van der Waals surface area contributed by atoms with E-state index >= 15 is 0 Å². The van der Waals surface area contributed by atoms with E-state index in [1.807, 2.05) is 30.3 Å². The van der Waals surface area contributed by atoms with Gasteiger partial charge in [0.05, 0.1) is 12.2 Å². The largest absolute Gasteiger partial charge is 0.462 e. The molecule has 0 spiro atoms. The van der Waals surface area contributed by atoms with Gasteiger partial charge in [0.1, 0.15) is 0 Å². The molecule has 2 aromatic carbocycles. The monoisotopic (exact) mass is 257 g/mol. The van der Waals surface area contributed by atoms with Gasteiger partial charge in [-0.1, -0.05) is 38.1 Å². The van der Waals surface area contributed by atoms with Crippen molar-refractivity contribution in [2.75, 3.05) is 12.3 Å². The number of nitrogen functional groups attached to an aromatic ring is 1. The summed E-state index contributed by atoms with van der Waals surface area (Å²) in [4.78, 5) is 12.0. The third-order valence-electron chi connectivity index (χ3n) is 3.07. The number of ether oxygens (including phenoxy) is 1. The van der Waals surface area contributed by atoms with Gasteiger partial charge in [-0.15, -0.1) is 0 Å². The summed E-state index contributed by atoms with van der Waals surface area (Å²) in [6.45, 7) is 4.62. The summed E-state index contributed by atoms with van der Waals surface area (Å²) in [5.74, 6) is 0.172. The number of anilines is 1. The molecule has 2 rings (SSSR count). The van der Waals surface area contributed by atoms with Crippen molar-refractivity contribution < 1.29 is 9.53 Å². The second-order valence-electron chi connectivity index (χ2n) is 5.11. The number of hydrogen-bond acceptors (Lipinski definition) is 3. The molecule has 3 nitrogen and oxygen atoms in total. The number of nitrogens with two attached hydrogens (primary N) is 1. The molecule has 2 aromatic rings. The Hall–Kier alpha value is -2.03. The molecule has 0 aromatic heterocycles. The van der Waals surface area contributed by atoms with E-state index in [1.165, 1.54) is 0 Å². The molecular formula is C16H19NO2. The van der Waals surface area contributed by atoms with E-state index in [2.05, 4.69) is 13.8 Å². The van der Waals surface area contributed by atoms with Crippen LogP contribution in [-0.4, -0.2) is 12.6 Å². The van der Waals surface area contributed by atoms with Gasteiger partial charge in [-0.3, -0.25) is 0 Å². The van der Waals surface area contributed by atoms with E-state index in [9.17, 15) is 4.79 Å². The first kappa shape index (κ1) is 13.4. The summed E-state index contributed by atoms with van der Waals surface area (Å²) >= 11 is 0. The molecule has 0 saturated heterocycles. The molecule has 19 heavy (non-hydrogen) atoms. The Balaban J connectivity index is 2.19. The Morgan fingerprint density at radius 2 is 1.84 bits per heavy atom. The van der Waals surface area contributed by atoms with E-state index in [-0.39, 0.29) is 5.97 Å². The fourth-order valence-corrected chi connectivity index (χ4v) is 1.90. The molecule has 2 N–H and O–H groups in total. The number of carbonyl (C=O) groups is 1. The molecule has 100 valence electrons. The van der Waals surface area contributed by atoms with Crippen molar-refractivity contribution in [3.05, 3.63) is 42.0 Å². The molecule has 0 aliphatic rings. The van der Waals surface area contributed by atoms with Crippen molar-refractivity contribution in [2.24, 2.45) is 5.92 Å². The van der Waals surface area contributed by atoms with Crippen molar-refractivity contribution in [2.45, 2.75) is 20.3 Å². The van der Waals surface area contributed by atoms with Crippen LogP contribution in [0, 0.1) is 5.92 Å². The zero-order chi connectivity index (χ0) is 13.8. The van der Waals surface area contributed by atoms with Crippen LogP contribution in [0.5, 0.6) is 0 Å². The molecule has 0 radical (unpaired) electrons. The lowest BCUT2D eigenvalue weighted by Crippen LogP contribution is -2.10. The minimum Gasteiger partial charge on any atom is -0.462 e. The highest BCUT2D eigenvalue weighted by molar-refractivity contribution is 6.01. The second-order valence-corrected chi connectivity index (χ2v) is 5.11. The first-order chi connectivity index (χ1) is 9.08. The van der Waals surface area contributed by atoms with Crippen molar-refractivity contribution in [3.63, 3.8) is 0 Å². The average Bonchev–Trinajstić information content (AvgIpc) is 2.37. The van der Waals surface area contributed by atoms with Crippen LogP contribution in [0.15, 0.2) is 36.4 Å². The van der Waals surface area contributed by atoms with Gasteiger partial charge in [0.15, 0.2) is 0 Å². The maximum atomic E-state index is 12.0. The SMILES string of the molecule is CC(C)CCOC(=O)c1cc2ccccc2cc1N. The van der Waals surface area contributed by atoms with Crippen molar-refractivity contribution in [3.8, 4) is 0 Å². The standard InChI is InChI=1S/C16H19NO2/c1-11(2)7-8-19-16(18)14-9-12-5-3-4-6-13(12)10-15(14)17/h3-6,9-11H,7-8,17H2,1-2H3. The van der Waals surface area contributed by atoms with Gasteiger partial charge in [0, 0.05) is 5.69 Å². The van der Waals surface area contributed by atoms with Crippen molar-refractivity contribution in [1.82, 2.24) is 0 Å². The topological polar surface area (TPSA) is 52.3 Å². The number of fused-ring (bicyclic) bond motifs is 1. The Labute approximate surface area is 113 Å². The highest BCUT2D eigenvalue weighted by Gasteiger charge is 2.12. The Morgan fingerprint density at radius 1 is 1.21 bits per heavy atom. The van der Waals surface area contributed by atoms with Gasteiger partial charge in [-0.2, -0.15) is 0 Å². The average molecular weight is 257 g/mol. The third kappa shape index (κ3) is 3.25. The summed E-state index contributed by atoms with van der Waals surface area (Å²) in [7, 11) is 0. The molecule has 0 unspecified atom stereocenters. The van der Waals surface area contributed by atoms with Crippen LogP contribution < -0.4 is 5.73 Å². The molecule has 3 heteroatoms. The van der Waals surface area contributed by atoms with Gasteiger partial charge < -0.3 is 10.5 Å². The molecule has 0 heterocycles. The Morgan fingerprint density at radius 3 is 2.47 bits per heavy atom. The molecule has 0 bridgehead atoms. The molecule has 0 aliphatic carbocycles. The van der Waals surface area contributed by atoms with E-state index in [4.69, 9.17) is 10.5 Å². The first-order valence-electron chi connectivity index (χ1n) is 6.53. The number of benzene rings is 2. The van der Waals surface area contributed by atoms with Gasteiger partial charge >= 0.3 is 5.97 Å². The molecule has 0 saturated carbocycles. The van der Waals surface area contributed by atoms with Crippen LogP contribution in [0.3, 0.4) is 0 Å². The van der Waals surface area contributed by atoms with Crippen LogP contribution >= 0.6 is 0 Å².